The highest BCUT2D eigenvalue weighted by Crippen LogP contribution is 2.29. The van der Waals surface area contributed by atoms with Crippen molar-refractivity contribution in [1.29, 1.82) is 5.26 Å². The van der Waals surface area contributed by atoms with E-state index in [2.05, 4.69) is 69.7 Å². The lowest BCUT2D eigenvalue weighted by Gasteiger charge is -2.39. The first-order valence-electron chi connectivity index (χ1n) is 11.4. The molecule has 0 unspecified atom stereocenters. The topological polar surface area (TPSA) is 59.4 Å². The zero-order valence-electron chi connectivity index (χ0n) is 18.9. The average molecular weight is 471 g/mol. The molecule has 0 radical (unpaired) electrons. The molecule has 1 heterocycles. The van der Waals surface area contributed by atoms with Crippen LogP contribution in [0.3, 0.4) is 0 Å². The third kappa shape index (κ3) is 6.05. The zero-order valence-corrected chi connectivity index (χ0v) is 19.7. The van der Waals surface area contributed by atoms with Crippen molar-refractivity contribution in [3.8, 4) is 6.07 Å². The van der Waals surface area contributed by atoms with Gasteiger partial charge in [0.25, 0.3) is 5.91 Å². The Balaban J connectivity index is 1.39. The molecule has 1 amide bonds. The van der Waals surface area contributed by atoms with E-state index >= 15 is 0 Å². The van der Waals surface area contributed by atoms with Crippen molar-refractivity contribution in [2.75, 3.05) is 26.2 Å². The fourth-order valence-electron chi connectivity index (χ4n) is 4.21. The lowest BCUT2D eigenvalue weighted by molar-refractivity contribution is -0.117. The van der Waals surface area contributed by atoms with Gasteiger partial charge in [0, 0.05) is 43.9 Å². The van der Waals surface area contributed by atoms with Crippen molar-refractivity contribution in [1.82, 2.24) is 15.1 Å². The molecule has 0 spiro atoms. The summed E-state index contributed by atoms with van der Waals surface area (Å²) in [7, 11) is 0. The molecule has 5 nitrogen and oxygen atoms in total. The van der Waals surface area contributed by atoms with Crippen LogP contribution in [0.25, 0.3) is 0 Å². The predicted octanol–water partition coefficient (Wildman–Crippen LogP) is 4.77. The Morgan fingerprint density at radius 2 is 1.47 bits per heavy atom. The van der Waals surface area contributed by atoms with Crippen LogP contribution in [0.1, 0.15) is 22.7 Å². The molecule has 172 valence electrons. The van der Waals surface area contributed by atoms with Gasteiger partial charge in [-0.05, 0) is 28.8 Å². The van der Waals surface area contributed by atoms with Crippen LogP contribution in [-0.4, -0.2) is 41.9 Å². The maximum absolute atomic E-state index is 12.6. The Bertz CT molecular complexity index is 1110. The summed E-state index contributed by atoms with van der Waals surface area (Å²) in [5.41, 5.74) is 3.57. The molecular weight excluding hydrogens is 444 g/mol. The number of carbonyl (C=O) groups excluding carboxylic acids is 1. The van der Waals surface area contributed by atoms with Crippen LogP contribution in [0.2, 0.25) is 5.02 Å². The lowest BCUT2D eigenvalue weighted by Crippen LogP contribution is -2.46. The molecule has 1 fully saturated rings. The molecule has 1 N–H and O–H groups in total. The quantitative estimate of drug-likeness (QED) is 0.399. The van der Waals surface area contributed by atoms with E-state index in [-0.39, 0.29) is 17.5 Å². The third-order valence-electron chi connectivity index (χ3n) is 5.99. The van der Waals surface area contributed by atoms with E-state index in [4.69, 9.17) is 11.6 Å². The van der Waals surface area contributed by atoms with Crippen molar-refractivity contribution in [3.05, 3.63) is 118 Å². The molecule has 3 aromatic rings. The number of hydrogen-bond acceptors (Lipinski definition) is 4. The van der Waals surface area contributed by atoms with Gasteiger partial charge in [-0.2, -0.15) is 5.26 Å². The summed E-state index contributed by atoms with van der Waals surface area (Å²) >= 11 is 5.91. The predicted molar refractivity (Wildman–Crippen MR) is 135 cm³/mol. The molecule has 0 aromatic heterocycles. The highest BCUT2D eigenvalue weighted by Gasteiger charge is 2.26. The smallest absolute Gasteiger partial charge is 0.263 e. The monoisotopic (exact) mass is 470 g/mol. The lowest BCUT2D eigenvalue weighted by atomic mass is 9.96. The second-order valence-corrected chi connectivity index (χ2v) is 8.70. The number of rotatable bonds is 7. The van der Waals surface area contributed by atoms with Gasteiger partial charge in [-0.3, -0.25) is 9.69 Å². The summed E-state index contributed by atoms with van der Waals surface area (Å²) < 4.78 is 0. The van der Waals surface area contributed by atoms with E-state index in [0.29, 0.717) is 11.6 Å². The summed E-state index contributed by atoms with van der Waals surface area (Å²) in [6.45, 7) is 3.49. The molecule has 0 bridgehead atoms. The van der Waals surface area contributed by atoms with Crippen molar-refractivity contribution in [3.63, 3.8) is 0 Å². The maximum atomic E-state index is 12.6. The first-order valence-corrected chi connectivity index (χ1v) is 11.7. The fraction of sp³-hybridized carbons (Fsp3) is 0.214. The van der Waals surface area contributed by atoms with Crippen LogP contribution in [0.5, 0.6) is 0 Å². The summed E-state index contributed by atoms with van der Waals surface area (Å²) in [5, 5.41) is 13.0. The summed E-state index contributed by atoms with van der Waals surface area (Å²) in [6.07, 6.45) is 1.69. The number of piperazine rings is 1. The van der Waals surface area contributed by atoms with E-state index in [0.717, 1.165) is 31.7 Å². The number of nitrogens with zero attached hydrogens (tertiary/aromatic N) is 3. The van der Waals surface area contributed by atoms with Gasteiger partial charge < -0.3 is 10.2 Å². The van der Waals surface area contributed by atoms with Crippen LogP contribution in [0.4, 0.5) is 0 Å². The van der Waals surface area contributed by atoms with E-state index in [9.17, 15) is 10.1 Å². The number of amides is 1. The molecule has 0 saturated carbocycles. The van der Waals surface area contributed by atoms with Crippen LogP contribution in [-0.2, 0) is 11.3 Å². The molecule has 0 aliphatic carbocycles. The number of halogens is 1. The standard InChI is InChI=1S/C28H27ClN4O/c29-26-13-11-22(12-14-26)20-31-28(34)25(19-30)21-32-15-17-33(18-16-32)27(23-7-3-1-4-8-23)24-9-5-2-6-10-24/h1-14,21,27H,15-18,20H2,(H,31,34)/b25-21-. The first kappa shape index (κ1) is 23.6. The second-order valence-electron chi connectivity index (χ2n) is 8.26. The Labute approximate surface area is 205 Å². The molecule has 6 heteroatoms. The normalized spacial score (nSPS) is 14.6. The molecule has 1 aliphatic heterocycles. The average Bonchev–Trinajstić information content (AvgIpc) is 2.89. The van der Waals surface area contributed by atoms with E-state index in [1.165, 1.54) is 11.1 Å². The number of carbonyl (C=O) groups is 1. The number of benzene rings is 3. The molecule has 1 saturated heterocycles. The van der Waals surface area contributed by atoms with Crippen molar-refractivity contribution < 1.29 is 4.79 Å². The van der Waals surface area contributed by atoms with Gasteiger partial charge in [-0.25, -0.2) is 0 Å². The molecule has 0 atom stereocenters. The van der Waals surface area contributed by atoms with Gasteiger partial charge in [-0.1, -0.05) is 84.4 Å². The van der Waals surface area contributed by atoms with Gasteiger partial charge in [0.1, 0.15) is 11.6 Å². The SMILES string of the molecule is N#C/C(=C/N1CCN(C(c2ccccc2)c2ccccc2)CC1)C(=O)NCc1ccc(Cl)cc1. The highest BCUT2D eigenvalue weighted by atomic mass is 35.5. The minimum atomic E-state index is -0.369. The largest absolute Gasteiger partial charge is 0.374 e. The van der Waals surface area contributed by atoms with Gasteiger partial charge in [-0.15, -0.1) is 0 Å². The fourth-order valence-corrected chi connectivity index (χ4v) is 4.34. The van der Waals surface area contributed by atoms with Crippen LogP contribution in [0.15, 0.2) is 96.7 Å². The van der Waals surface area contributed by atoms with E-state index in [1.54, 1.807) is 18.3 Å². The minimum absolute atomic E-state index is 0.116. The second kappa shape index (κ2) is 11.5. The number of nitriles is 1. The first-order chi connectivity index (χ1) is 16.6. The third-order valence-corrected chi connectivity index (χ3v) is 6.24. The molecule has 3 aromatic carbocycles. The Kier molecular flexibility index (Phi) is 7.98. The Hall–Kier alpha value is -3.59. The molecule has 34 heavy (non-hydrogen) atoms. The summed E-state index contributed by atoms with van der Waals surface area (Å²) in [5.74, 6) is -0.369. The Morgan fingerprint density at radius 3 is 2.00 bits per heavy atom. The Morgan fingerprint density at radius 1 is 0.912 bits per heavy atom. The number of nitrogens with one attached hydrogen (secondary N) is 1. The van der Waals surface area contributed by atoms with Gasteiger partial charge >= 0.3 is 0 Å². The summed E-state index contributed by atoms with van der Waals surface area (Å²) in [4.78, 5) is 17.1. The summed E-state index contributed by atoms with van der Waals surface area (Å²) in [6, 6.07) is 30.5. The van der Waals surface area contributed by atoms with E-state index < -0.39 is 0 Å². The van der Waals surface area contributed by atoms with Gasteiger partial charge in [0.2, 0.25) is 0 Å². The minimum Gasteiger partial charge on any atom is -0.374 e. The van der Waals surface area contributed by atoms with Crippen LogP contribution < -0.4 is 5.32 Å². The zero-order chi connectivity index (χ0) is 23.8. The van der Waals surface area contributed by atoms with Crippen LogP contribution >= 0.6 is 11.6 Å². The number of hydrogen-bond donors (Lipinski definition) is 1. The van der Waals surface area contributed by atoms with Crippen molar-refractivity contribution >= 4 is 17.5 Å². The van der Waals surface area contributed by atoms with Gasteiger partial charge in [0.15, 0.2) is 0 Å². The maximum Gasteiger partial charge on any atom is 0.263 e. The van der Waals surface area contributed by atoms with Gasteiger partial charge in [0.05, 0.1) is 6.04 Å². The van der Waals surface area contributed by atoms with E-state index in [1.807, 2.05) is 24.3 Å². The van der Waals surface area contributed by atoms with Crippen molar-refractivity contribution in [2.24, 2.45) is 0 Å². The molecule has 4 rings (SSSR count). The van der Waals surface area contributed by atoms with Crippen LogP contribution in [0, 0.1) is 11.3 Å². The molecular formula is C28H27ClN4O. The highest BCUT2D eigenvalue weighted by molar-refractivity contribution is 6.30. The molecule has 1 aliphatic rings. The van der Waals surface area contributed by atoms with Crippen molar-refractivity contribution in [2.45, 2.75) is 12.6 Å².